The molecule has 0 saturated heterocycles. The predicted molar refractivity (Wildman–Crippen MR) is 134 cm³/mol. The molecule has 1 N–H and O–H groups in total. The van der Waals surface area contributed by atoms with Gasteiger partial charge in [0.2, 0.25) is 5.91 Å². The zero-order valence-electron chi connectivity index (χ0n) is 18.4. The molecule has 0 aliphatic carbocycles. The quantitative estimate of drug-likeness (QED) is 0.344. The van der Waals surface area contributed by atoms with Crippen LogP contribution < -0.4 is 10.1 Å². The number of aryl methyl sites for hydroxylation is 1. The number of hydrogen-bond donors (Lipinski definition) is 1. The van der Waals surface area contributed by atoms with Gasteiger partial charge in [-0.1, -0.05) is 41.1 Å². The highest BCUT2D eigenvalue weighted by Crippen LogP contribution is 2.29. The molecule has 1 amide bonds. The second-order valence-electron chi connectivity index (χ2n) is 7.34. The Labute approximate surface area is 206 Å². The fraction of sp³-hybridized carbons (Fsp3) is 0.120. The van der Waals surface area contributed by atoms with E-state index in [1.54, 1.807) is 25.3 Å². The van der Waals surface area contributed by atoms with Crippen LogP contribution in [0.4, 0.5) is 5.69 Å². The number of benzene rings is 3. The topological polar surface area (TPSA) is 92.8 Å². The first-order valence-electron chi connectivity index (χ1n) is 10.3. The van der Waals surface area contributed by atoms with E-state index < -0.39 is 0 Å². The summed E-state index contributed by atoms with van der Waals surface area (Å²) in [5.74, 6) is 1.18. The molecule has 0 unspecified atom stereocenters. The summed E-state index contributed by atoms with van der Waals surface area (Å²) in [6.45, 7) is 2.02. The first kappa shape index (κ1) is 23.4. The Hall–Kier alpha value is -3.80. The highest BCUT2D eigenvalue weighted by Gasteiger charge is 2.18. The average Bonchev–Trinajstić information content (AvgIpc) is 3.27. The molecule has 0 aliphatic heterocycles. The van der Waals surface area contributed by atoms with Crippen LogP contribution in [-0.4, -0.2) is 33.5 Å². The Kier molecular flexibility index (Phi) is 7.16. The molecule has 9 heteroatoms. The lowest BCUT2D eigenvalue weighted by atomic mass is 10.2. The van der Waals surface area contributed by atoms with Crippen molar-refractivity contribution in [3.63, 3.8) is 0 Å². The zero-order valence-corrected chi connectivity index (χ0v) is 20.0. The van der Waals surface area contributed by atoms with Crippen LogP contribution >= 0.6 is 23.4 Å². The molecule has 4 rings (SSSR count). The van der Waals surface area contributed by atoms with Crippen LogP contribution in [0.15, 0.2) is 71.9 Å². The van der Waals surface area contributed by atoms with Crippen LogP contribution in [0.1, 0.15) is 11.1 Å². The Balaban J connectivity index is 1.61. The molecule has 34 heavy (non-hydrogen) atoms. The van der Waals surface area contributed by atoms with Crippen LogP contribution in [0.2, 0.25) is 5.02 Å². The van der Waals surface area contributed by atoms with Gasteiger partial charge in [-0.2, -0.15) is 5.26 Å². The fourth-order valence-electron chi connectivity index (χ4n) is 3.25. The monoisotopic (exact) mass is 489 g/mol. The summed E-state index contributed by atoms with van der Waals surface area (Å²) in [5, 5.41) is 21.8. The lowest BCUT2D eigenvalue weighted by molar-refractivity contribution is -0.113. The van der Waals surface area contributed by atoms with E-state index in [0.717, 1.165) is 22.6 Å². The van der Waals surface area contributed by atoms with E-state index in [9.17, 15) is 10.1 Å². The summed E-state index contributed by atoms with van der Waals surface area (Å²) in [6, 6.07) is 22.3. The minimum Gasteiger partial charge on any atom is -0.497 e. The SMILES string of the molecule is COc1ccc(-c2nnc(SCC(=O)Nc3cc(Cl)ccc3C#N)n2-c2ccc(C)cc2)cc1. The van der Waals surface area contributed by atoms with Gasteiger partial charge in [-0.25, -0.2) is 0 Å². The van der Waals surface area contributed by atoms with Gasteiger partial charge in [0.25, 0.3) is 0 Å². The van der Waals surface area contributed by atoms with Gasteiger partial charge in [0.05, 0.1) is 24.1 Å². The number of methoxy groups -OCH3 is 1. The minimum absolute atomic E-state index is 0.0734. The van der Waals surface area contributed by atoms with E-state index in [1.807, 2.05) is 60.0 Å². The van der Waals surface area contributed by atoms with Crippen molar-refractivity contribution in [1.82, 2.24) is 14.8 Å². The molecular formula is C25H20ClN5O2S. The highest BCUT2D eigenvalue weighted by molar-refractivity contribution is 7.99. The molecule has 7 nitrogen and oxygen atoms in total. The number of thioether (sulfide) groups is 1. The number of rotatable bonds is 7. The smallest absolute Gasteiger partial charge is 0.234 e. The summed E-state index contributed by atoms with van der Waals surface area (Å²) in [5.41, 5.74) is 3.59. The van der Waals surface area contributed by atoms with Crippen LogP contribution in [0.3, 0.4) is 0 Å². The summed E-state index contributed by atoms with van der Waals surface area (Å²) in [4.78, 5) is 12.6. The standard InChI is InChI=1S/C25H20ClN5O2S/c1-16-3-9-20(10-4-16)31-24(17-6-11-21(33-2)12-7-17)29-30-25(31)34-15-23(32)28-22-13-19(26)8-5-18(22)14-27/h3-13H,15H2,1-2H3,(H,28,32). The lowest BCUT2D eigenvalue weighted by Gasteiger charge is -2.11. The van der Waals surface area contributed by atoms with Crippen LogP contribution in [0.25, 0.3) is 17.1 Å². The molecule has 4 aromatic rings. The minimum atomic E-state index is -0.284. The number of halogens is 1. The van der Waals surface area contributed by atoms with Gasteiger partial charge in [-0.05, 0) is 61.5 Å². The van der Waals surface area contributed by atoms with E-state index >= 15 is 0 Å². The molecule has 0 saturated carbocycles. The average molecular weight is 490 g/mol. The summed E-state index contributed by atoms with van der Waals surface area (Å²) < 4.78 is 7.17. The molecular weight excluding hydrogens is 470 g/mol. The van der Waals surface area contributed by atoms with Gasteiger partial charge in [-0.15, -0.1) is 10.2 Å². The maximum absolute atomic E-state index is 12.6. The third kappa shape index (κ3) is 5.22. The van der Waals surface area contributed by atoms with Crippen molar-refractivity contribution in [3.05, 3.63) is 82.9 Å². The second kappa shape index (κ2) is 10.4. The Morgan fingerprint density at radius 3 is 2.53 bits per heavy atom. The second-order valence-corrected chi connectivity index (χ2v) is 8.72. The van der Waals surface area contributed by atoms with Crippen molar-refractivity contribution in [2.45, 2.75) is 12.1 Å². The number of nitriles is 1. The summed E-state index contributed by atoms with van der Waals surface area (Å²) in [6.07, 6.45) is 0. The number of aromatic nitrogens is 3. The van der Waals surface area contributed by atoms with Crippen LogP contribution in [0.5, 0.6) is 5.75 Å². The van der Waals surface area contributed by atoms with Gasteiger partial charge in [0.15, 0.2) is 11.0 Å². The third-order valence-electron chi connectivity index (χ3n) is 4.98. The Bertz CT molecular complexity index is 1360. The molecule has 170 valence electrons. The number of anilines is 1. The number of nitrogens with one attached hydrogen (secondary N) is 1. The van der Waals surface area contributed by atoms with E-state index in [-0.39, 0.29) is 11.7 Å². The molecule has 0 bridgehead atoms. The van der Waals surface area contributed by atoms with Crippen LogP contribution in [0, 0.1) is 18.3 Å². The van der Waals surface area contributed by atoms with Crippen molar-refractivity contribution < 1.29 is 9.53 Å². The van der Waals surface area contributed by atoms with E-state index in [0.29, 0.717) is 27.3 Å². The van der Waals surface area contributed by atoms with Crippen LogP contribution in [-0.2, 0) is 4.79 Å². The number of nitrogens with zero attached hydrogens (tertiary/aromatic N) is 4. The third-order valence-corrected chi connectivity index (χ3v) is 6.15. The number of ether oxygens (including phenoxy) is 1. The largest absolute Gasteiger partial charge is 0.497 e. The number of carbonyl (C=O) groups excluding carboxylic acids is 1. The van der Waals surface area contributed by atoms with E-state index in [2.05, 4.69) is 21.6 Å². The number of hydrogen-bond acceptors (Lipinski definition) is 6. The molecule has 3 aromatic carbocycles. The maximum atomic E-state index is 12.6. The molecule has 1 aromatic heterocycles. The zero-order chi connectivity index (χ0) is 24.1. The number of carbonyl (C=O) groups is 1. The molecule has 1 heterocycles. The van der Waals surface area contributed by atoms with Gasteiger partial charge in [0, 0.05) is 16.3 Å². The van der Waals surface area contributed by atoms with Gasteiger partial charge < -0.3 is 10.1 Å². The highest BCUT2D eigenvalue weighted by atomic mass is 35.5. The predicted octanol–water partition coefficient (Wildman–Crippen LogP) is 5.51. The Morgan fingerprint density at radius 1 is 1.12 bits per heavy atom. The van der Waals surface area contributed by atoms with E-state index in [4.69, 9.17) is 16.3 Å². The molecule has 0 radical (unpaired) electrons. The molecule has 0 fully saturated rings. The van der Waals surface area contributed by atoms with Crippen molar-refractivity contribution in [3.8, 4) is 28.9 Å². The Morgan fingerprint density at radius 2 is 1.85 bits per heavy atom. The maximum Gasteiger partial charge on any atom is 0.234 e. The normalized spacial score (nSPS) is 10.5. The van der Waals surface area contributed by atoms with Gasteiger partial charge in [-0.3, -0.25) is 9.36 Å². The summed E-state index contributed by atoms with van der Waals surface area (Å²) >= 11 is 7.27. The lowest BCUT2D eigenvalue weighted by Crippen LogP contribution is -2.15. The molecule has 0 spiro atoms. The van der Waals surface area contributed by atoms with Crippen molar-refractivity contribution >= 4 is 35.0 Å². The van der Waals surface area contributed by atoms with E-state index in [1.165, 1.54) is 11.8 Å². The first-order valence-corrected chi connectivity index (χ1v) is 11.6. The van der Waals surface area contributed by atoms with Crippen molar-refractivity contribution in [2.24, 2.45) is 0 Å². The van der Waals surface area contributed by atoms with Gasteiger partial charge >= 0.3 is 0 Å². The van der Waals surface area contributed by atoms with Crippen molar-refractivity contribution in [2.75, 3.05) is 18.2 Å². The molecule has 0 atom stereocenters. The van der Waals surface area contributed by atoms with Crippen molar-refractivity contribution in [1.29, 1.82) is 5.26 Å². The summed E-state index contributed by atoms with van der Waals surface area (Å²) in [7, 11) is 1.62. The van der Waals surface area contributed by atoms with Gasteiger partial charge in [0.1, 0.15) is 11.8 Å². The first-order chi connectivity index (χ1) is 16.5. The number of amides is 1. The molecule has 0 aliphatic rings. The fourth-order valence-corrected chi connectivity index (χ4v) is 4.17.